The second-order valence-corrected chi connectivity index (χ2v) is 12.4. The predicted molar refractivity (Wildman–Crippen MR) is 178 cm³/mol. The number of hydrogen-bond acceptors (Lipinski definition) is 4. The molecule has 0 spiro atoms. The van der Waals surface area contributed by atoms with Gasteiger partial charge in [0.15, 0.2) is 0 Å². The molecular weight excluding hydrogens is 549 g/mol. The van der Waals surface area contributed by atoms with E-state index in [1.165, 1.54) is 40.3 Å². The average molecular weight is 569 g/mol. The maximum absolute atomic E-state index is 10.7. The quantitative estimate of drug-likeness (QED) is 0.213. The van der Waals surface area contributed by atoms with Gasteiger partial charge in [0.05, 0.1) is 17.2 Å². The van der Waals surface area contributed by atoms with Crippen molar-refractivity contribution in [2.24, 2.45) is 0 Å². The first-order chi connectivity index (χ1) is 20.7. The molecule has 2 heterocycles. The smallest absolute Gasteiger partial charge is 0.100 e. The van der Waals surface area contributed by atoms with Crippen LogP contribution in [-0.2, 0) is 0 Å². The molecule has 0 fully saturated rings. The maximum Gasteiger partial charge on any atom is 0.100 e. The molecule has 0 saturated carbocycles. The van der Waals surface area contributed by atoms with Gasteiger partial charge in [-0.05, 0) is 53.1 Å². The highest BCUT2D eigenvalue weighted by atomic mass is 32.1. The highest BCUT2D eigenvalue weighted by Crippen LogP contribution is 2.46. The summed E-state index contributed by atoms with van der Waals surface area (Å²) in [7, 11) is 0. The molecular formula is C38H20N2S2. The SMILES string of the molecule is N#Cc1cccc(-c2cc(-c3cccc4c3sc3ccccc34)cc(-c3cccc4c3sc3ccccc34)c2C#N)c1. The van der Waals surface area contributed by atoms with Gasteiger partial charge in [0.2, 0.25) is 0 Å². The van der Waals surface area contributed by atoms with Gasteiger partial charge in [-0.15, -0.1) is 22.7 Å². The van der Waals surface area contributed by atoms with E-state index < -0.39 is 0 Å². The molecule has 0 aliphatic carbocycles. The van der Waals surface area contributed by atoms with E-state index in [2.05, 4.69) is 109 Å². The highest BCUT2D eigenvalue weighted by Gasteiger charge is 2.20. The predicted octanol–water partition coefficient (Wildman–Crippen LogP) is 11.2. The standard InChI is InChI=1S/C38H20N2S2/c39-21-23-8-5-9-24(18-23)32-19-25(26-12-6-13-29-27-10-1-3-16-35(27)41-37(26)29)20-33(34(32)22-40)31-15-7-14-30-28-11-2-4-17-36(28)42-38(30)31/h1-20H. The molecule has 0 aliphatic rings. The molecule has 0 N–H and O–H groups in total. The van der Waals surface area contributed by atoms with Crippen LogP contribution in [0.1, 0.15) is 11.1 Å². The lowest BCUT2D eigenvalue weighted by atomic mass is 9.87. The fourth-order valence-corrected chi connectivity index (χ4v) is 8.52. The van der Waals surface area contributed by atoms with Gasteiger partial charge in [-0.25, -0.2) is 0 Å². The number of rotatable bonds is 3. The van der Waals surface area contributed by atoms with Crippen LogP contribution in [0, 0.1) is 22.7 Å². The first-order valence-corrected chi connectivity index (χ1v) is 15.3. The van der Waals surface area contributed by atoms with Crippen LogP contribution in [0.2, 0.25) is 0 Å². The molecule has 0 aliphatic heterocycles. The van der Waals surface area contributed by atoms with E-state index in [4.69, 9.17) is 0 Å². The topological polar surface area (TPSA) is 47.6 Å². The minimum absolute atomic E-state index is 0.571. The largest absolute Gasteiger partial charge is 0.192 e. The van der Waals surface area contributed by atoms with Crippen LogP contribution in [0.25, 0.3) is 73.7 Å². The van der Waals surface area contributed by atoms with Crippen LogP contribution < -0.4 is 0 Å². The van der Waals surface area contributed by atoms with Gasteiger partial charge in [-0.2, -0.15) is 10.5 Å². The Morgan fingerprint density at radius 1 is 0.429 bits per heavy atom. The summed E-state index contributed by atoms with van der Waals surface area (Å²) in [5.74, 6) is 0. The molecule has 2 aromatic heterocycles. The molecule has 0 atom stereocenters. The molecule has 0 unspecified atom stereocenters. The molecule has 0 saturated heterocycles. The molecule has 42 heavy (non-hydrogen) atoms. The van der Waals surface area contributed by atoms with Crippen molar-refractivity contribution in [2.45, 2.75) is 0 Å². The third-order valence-electron chi connectivity index (χ3n) is 7.96. The molecule has 6 aromatic carbocycles. The molecule has 4 heteroatoms. The second kappa shape index (κ2) is 9.68. The Morgan fingerprint density at radius 2 is 1.00 bits per heavy atom. The monoisotopic (exact) mass is 568 g/mol. The van der Waals surface area contributed by atoms with Crippen molar-refractivity contribution < 1.29 is 0 Å². The van der Waals surface area contributed by atoms with Gasteiger partial charge in [0.1, 0.15) is 6.07 Å². The summed E-state index contributed by atoms with van der Waals surface area (Å²) >= 11 is 3.57. The third kappa shape index (κ3) is 3.75. The lowest BCUT2D eigenvalue weighted by Crippen LogP contribution is -1.93. The third-order valence-corrected chi connectivity index (χ3v) is 10.4. The first-order valence-electron chi connectivity index (χ1n) is 13.6. The van der Waals surface area contributed by atoms with Gasteiger partial charge < -0.3 is 0 Å². The molecule has 0 amide bonds. The van der Waals surface area contributed by atoms with Gasteiger partial charge in [-0.1, -0.05) is 84.9 Å². The number of thiophene rings is 2. The van der Waals surface area contributed by atoms with Crippen LogP contribution in [0.4, 0.5) is 0 Å². The van der Waals surface area contributed by atoms with Crippen LogP contribution in [-0.4, -0.2) is 0 Å². The van der Waals surface area contributed by atoms with Gasteiger partial charge in [-0.3, -0.25) is 0 Å². The van der Waals surface area contributed by atoms with Crippen molar-refractivity contribution in [1.82, 2.24) is 0 Å². The molecule has 0 bridgehead atoms. The molecule has 8 aromatic rings. The van der Waals surface area contributed by atoms with E-state index in [-0.39, 0.29) is 0 Å². The van der Waals surface area contributed by atoms with E-state index in [0.29, 0.717) is 11.1 Å². The lowest BCUT2D eigenvalue weighted by molar-refractivity contribution is 1.46. The van der Waals surface area contributed by atoms with Crippen molar-refractivity contribution in [2.75, 3.05) is 0 Å². The summed E-state index contributed by atoms with van der Waals surface area (Å²) in [6.07, 6.45) is 0. The zero-order valence-electron chi connectivity index (χ0n) is 22.3. The van der Waals surface area contributed by atoms with Crippen LogP contribution >= 0.6 is 22.7 Å². The normalized spacial score (nSPS) is 11.3. The highest BCUT2D eigenvalue weighted by molar-refractivity contribution is 7.26. The second-order valence-electron chi connectivity index (χ2n) is 10.3. The fraction of sp³-hybridized carbons (Fsp3) is 0. The summed E-state index contributed by atoms with van der Waals surface area (Å²) < 4.78 is 4.88. The van der Waals surface area contributed by atoms with Gasteiger partial charge >= 0.3 is 0 Å². The summed E-state index contributed by atoms with van der Waals surface area (Å²) in [5, 5.41) is 25.3. The fourth-order valence-electron chi connectivity index (χ4n) is 6.05. The van der Waals surface area contributed by atoms with Crippen LogP contribution in [0.5, 0.6) is 0 Å². The van der Waals surface area contributed by atoms with Gasteiger partial charge in [0.25, 0.3) is 0 Å². The van der Waals surface area contributed by atoms with Crippen molar-refractivity contribution in [1.29, 1.82) is 10.5 Å². The first kappa shape index (κ1) is 24.5. The number of nitrogens with zero attached hydrogens (tertiary/aromatic N) is 2. The van der Waals surface area contributed by atoms with Crippen molar-refractivity contribution >= 4 is 63.0 Å². The molecule has 0 radical (unpaired) electrons. The van der Waals surface area contributed by atoms with E-state index in [1.807, 2.05) is 18.2 Å². The molecule has 194 valence electrons. The average Bonchev–Trinajstić information content (AvgIpc) is 3.63. The Bertz CT molecular complexity index is 2450. The number of hydrogen-bond donors (Lipinski definition) is 0. The van der Waals surface area contributed by atoms with Crippen LogP contribution in [0.15, 0.2) is 121 Å². The summed E-state index contributed by atoms with van der Waals surface area (Å²) in [6.45, 7) is 0. The minimum atomic E-state index is 0.571. The minimum Gasteiger partial charge on any atom is -0.192 e. The van der Waals surface area contributed by atoms with E-state index in [0.717, 1.165) is 33.4 Å². The summed E-state index contributed by atoms with van der Waals surface area (Å²) in [6, 6.07) is 46.6. The van der Waals surface area contributed by atoms with E-state index in [9.17, 15) is 10.5 Å². The van der Waals surface area contributed by atoms with Crippen molar-refractivity contribution in [3.05, 3.63) is 132 Å². The van der Waals surface area contributed by atoms with Crippen molar-refractivity contribution in [3.63, 3.8) is 0 Å². The molecule has 8 rings (SSSR count). The number of nitriles is 2. The Morgan fingerprint density at radius 3 is 1.67 bits per heavy atom. The van der Waals surface area contributed by atoms with E-state index in [1.54, 1.807) is 28.7 Å². The summed E-state index contributed by atoms with van der Waals surface area (Å²) in [4.78, 5) is 0. The Hall–Kier alpha value is -5.26. The van der Waals surface area contributed by atoms with Gasteiger partial charge in [0, 0.05) is 57.0 Å². The Balaban J connectivity index is 1.48. The van der Waals surface area contributed by atoms with E-state index >= 15 is 0 Å². The van der Waals surface area contributed by atoms with Crippen molar-refractivity contribution in [3.8, 4) is 45.5 Å². The zero-order chi connectivity index (χ0) is 28.2. The summed E-state index contributed by atoms with van der Waals surface area (Å²) in [5.41, 5.74) is 7.02. The number of benzene rings is 6. The molecule has 2 nitrogen and oxygen atoms in total. The van der Waals surface area contributed by atoms with Crippen LogP contribution in [0.3, 0.4) is 0 Å². The number of fused-ring (bicyclic) bond motifs is 6. The maximum atomic E-state index is 10.7. The zero-order valence-corrected chi connectivity index (χ0v) is 23.9. The Labute approximate surface area is 250 Å². The lowest BCUT2D eigenvalue weighted by Gasteiger charge is -2.15. The Kier molecular flexibility index (Phi) is 5.66.